The molecule has 0 unspecified atom stereocenters. The van der Waals surface area contributed by atoms with Crippen LogP contribution in [0.5, 0.6) is 0 Å². The molecule has 0 spiro atoms. The van der Waals surface area contributed by atoms with E-state index in [-0.39, 0.29) is 30.5 Å². The van der Waals surface area contributed by atoms with Gasteiger partial charge in [0.1, 0.15) is 5.82 Å². The highest BCUT2D eigenvalue weighted by Crippen LogP contribution is 2.17. The number of hydrogen-bond acceptors (Lipinski definition) is 5. The van der Waals surface area contributed by atoms with Crippen molar-refractivity contribution in [1.82, 2.24) is 14.9 Å². The zero-order chi connectivity index (χ0) is 17.9. The van der Waals surface area contributed by atoms with Crippen molar-refractivity contribution >= 4 is 11.9 Å². The number of amides is 1. The molecule has 8 heteroatoms. The van der Waals surface area contributed by atoms with E-state index in [4.69, 9.17) is 5.73 Å². The molecule has 0 aromatic carbocycles. The Kier molecular flexibility index (Phi) is 5.71. The van der Waals surface area contributed by atoms with Crippen LogP contribution in [0.4, 0.5) is 0 Å². The minimum absolute atomic E-state index is 0.1000. The van der Waals surface area contributed by atoms with Gasteiger partial charge in [-0.3, -0.25) is 14.4 Å². The summed E-state index contributed by atoms with van der Waals surface area (Å²) in [5.74, 6) is -1.26. The van der Waals surface area contributed by atoms with Crippen LogP contribution in [-0.4, -0.2) is 51.0 Å². The minimum atomic E-state index is -0.926. The van der Waals surface area contributed by atoms with Gasteiger partial charge in [-0.15, -0.1) is 0 Å². The van der Waals surface area contributed by atoms with Gasteiger partial charge >= 0.3 is 5.97 Å². The van der Waals surface area contributed by atoms with Crippen molar-refractivity contribution in [2.24, 2.45) is 11.7 Å². The van der Waals surface area contributed by atoms with E-state index in [0.29, 0.717) is 42.9 Å². The van der Waals surface area contributed by atoms with Crippen LogP contribution < -0.4 is 11.3 Å². The minimum Gasteiger partial charge on any atom is -0.481 e. The van der Waals surface area contributed by atoms with Crippen LogP contribution in [0, 0.1) is 12.8 Å². The number of nitrogens with one attached hydrogen (secondary N) is 1. The van der Waals surface area contributed by atoms with Gasteiger partial charge in [-0.2, -0.15) is 0 Å². The first-order valence-corrected chi connectivity index (χ1v) is 8.16. The van der Waals surface area contributed by atoms with Crippen molar-refractivity contribution in [2.75, 3.05) is 13.1 Å². The molecule has 8 nitrogen and oxygen atoms in total. The number of carbonyl (C=O) groups excluding carboxylic acids is 1. The normalized spacial score (nSPS) is 21.4. The highest BCUT2D eigenvalue weighted by Gasteiger charge is 2.29. The van der Waals surface area contributed by atoms with Crippen molar-refractivity contribution < 1.29 is 14.7 Å². The second kappa shape index (κ2) is 7.57. The van der Waals surface area contributed by atoms with Gasteiger partial charge in [0.2, 0.25) is 5.91 Å². The summed E-state index contributed by atoms with van der Waals surface area (Å²) in [6, 6.07) is -0.252. The standard InChI is InChI=1S/C16H24N4O4/c1-3-13-18-9(2)12(15(22)19-13)6-14(21)20-7-10(16(23)24)4-5-11(17)8-20/h10-11H,3-8,17H2,1-2H3,(H,23,24)(H,18,19,22)/t10-,11+/m0/s1. The van der Waals surface area contributed by atoms with Crippen LogP contribution in [0.3, 0.4) is 0 Å². The number of carbonyl (C=O) groups is 2. The van der Waals surface area contributed by atoms with Crippen molar-refractivity contribution in [3.63, 3.8) is 0 Å². The smallest absolute Gasteiger partial charge is 0.308 e. The van der Waals surface area contributed by atoms with Crippen LogP contribution >= 0.6 is 0 Å². The van der Waals surface area contributed by atoms with E-state index in [9.17, 15) is 19.5 Å². The molecule has 1 saturated heterocycles. The maximum absolute atomic E-state index is 12.6. The summed E-state index contributed by atoms with van der Waals surface area (Å²) in [6.45, 7) is 4.01. The lowest BCUT2D eigenvalue weighted by atomic mass is 10.0. The first-order valence-electron chi connectivity index (χ1n) is 8.16. The fourth-order valence-electron chi connectivity index (χ4n) is 2.93. The molecule has 0 saturated carbocycles. The molecule has 1 aromatic rings. The summed E-state index contributed by atoms with van der Waals surface area (Å²) in [5, 5.41) is 9.24. The van der Waals surface area contributed by atoms with E-state index in [1.165, 1.54) is 4.90 Å². The summed E-state index contributed by atoms with van der Waals surface area (Å²) < 4.78 is 0. The van der Waals surface area contributed by atoms with Gasteiger partial charge in [0, 0.05) is 36.8 Å². The number of likely N-dealkylation sites (tertiary alicyclic amines) is 1. The summed E-state index contributed by atoms with van der Waals surface area (Å²) >= 11 is 0. The molecule has 1 aliphatic heterocycles. The molecule has 4 N–H and O–H groups in total. The van der Waals surface area contributed by atoms with E-state index in [1.807, 2.05) is 6.92 Å². The molecule has 2 rings (SSSR count). The van der Waals surface area contributed by atoms with Gasteiger partial charge in [0.05, 0.1) is 12.3 Å². The number of rotatable bonds is 4. The third-order valence-corrected chi connectivity index (χ3v) is 4.42. The van der Waals surface area contributed by atoms with E-state index < -0.39 is 11.9 Å². The Bertz CT molecular complexity index is 685. The predicted octanol–water partition coefficient (Wildman–Crippen LogP) is -0.166. The number of nitrogens with two attached hydrogens (primary N) is 1. The van der Waals surface area contributed by atoms with Crippen molar-refractivity contribution in [1.29, 1.82) is 0 Å². The molecule has 1 fully saturated rings. The molecule has 0 bridgehead atoms. The number of carboxylic acid groups (broad SMARTS) is 1. The maximum atomic E-state index is 12.6. The highest BCUT2D eigenvalue weighted by atomic mass is 16.4. The van der Waals surface area contributed by atoms with Gasteiger partial charge in [-0.05, 0) is 19.8 Å². The molecule has 2 heterocycles. The van der Waals surface area contributed by atoms with E-state index >= 15 is 0 Å². The zero-order valence-corrected chi connectivity index (χ0v) is 14.0. The first-order chi connectivity index (χ1) is 11.3. The predicted molar refractivity (Wildman–Crippen MR) is 87.6 cm³/mol. The van der Waals surface area contributed by atoms with Crippen LogP contribution in [0.25, 0.3) is 0 Å². The number of nitrogens with zero attached hydrogens (tertiary/aromatic N) is 2. The maximum Gasteiger partial charge on any atom is 0.308 e. The number of aliphatic carboxylic acids is 1. The quantitative estimate of drug-likeness (QED) is 0.700. The number of hydrogen-bond donors (Lipinski definition) is 3. The average molecular weight is 336 g/mol. The number of aryl methyl sites for hydroxylation is 2. The lowest BCUT2D eigenvalue weighted by molar-refractivity contribution is -0.143. The summed E-state index contributed by atoms with van der Waals surface area (Å²) in [4.78, 5) is 44.4. The molecular weight excluding hydrogens is 312 g/mol. The van der Waals surface area contributed by atoms with Crippen LogP contribution in [-0.2, 0) is 22.4 Å². The SMILES string of the molecule is CCc1nc(C)c(CC(=O)N2C[C@H](N)CC[C@H](C(=O)O)C2)c(=O)[nH]1. The first kappa shape index (κ1) is 18.1. The fraction of sp³-hybridized carbons (Fsp3) is 0.625. The van der Waals surface area contributed by atoms with Crippen LogP contribution in [0.1, 0.15) is 36.8 Å². The summed E-state index contributed by atoms with van der Waals surface area (Å²) in [6.07, 6.45) is 1.52. The number of H-pyrrole nitrogens is 1. The topological polar surface area (TPSA) is 129 Å². The third-order valence-electron chi connectivity index (χ3n) is 4.42. The lowest BCUT2D eigenvalue weighted by Gasteiger charge is -2.24. The lowest BCUT2D eigenvalue weighted by Crippen LogP contribution is -2.43. The van der Waals surface area contributed by atoms with Gasteiger partial charge in [0.25, 0.3) is 5.56 Å². The van der Waals surface area contributed by atoms with Crippen molar-refractivity contribution in [3.05, 3.63) is 27.4 Å². The van der Waals surface area contributed by atoms with Crippen LogP contribution in [0.15, 0.2) is 4.79 Å². The second-order valence-electron chi connectivity index (χ2n) is 6.28. The third kappa shape index (κ3) is 4.19. The number of aromatic nitrogens is 2. The summed E-state index contributed by atoms with van der Waals surface area (Å²) in [5.41, 5.74) is 6.48. The fourth-order valence-corrected chi connectivity index (χ4v) is 2.93. The molecular formula is C16H24N4O4. The molecule has 0 aliphatic carbocycles. The molecule has 0 radical (unpaired) electrons. The Balaban J connectivity index is 2.19. The monoisotopic (exact) mass is 336 g/mol. The molecule has 1 aliphatic rings. The van der Waals surface area contributed by atoms with Crippen molar-refractivity contribution in [2.45, 2.75) is 45.6 Å². The van der Waals surface area contributed by atoms with Gasteiger partial charge in [0.15, 0.2) is 0 Å². The Labute approximate surface area is 140 Å². The molecule has 1 aromatic heterocycles. The van der Waals surface area contributed by atoms with E-state index in [0.717, 1.165) is 0 Å². The Hall–Kier alpha value is -2.22. The number of aromatic amines is 1. The van der Waals surface area contributed by atoms with Gasteiger partial charge < -0.3 is 20.7 Å². The largest absolute Gasteiger partial charge is 0.481 e. The van der Waals surface area contributed by atoms with E-state index in [2.05, 4.69) is 9.97 Å². The number of carboxylic acids is 1. The van der Waals surface area contributed by atoms with Crippen molar-refractivity contribution in [3.8, 4) is 0 Å². The molecule has 2 atom stereocenters. The average Bonchev–Trinajstić information content (AvgIpc) is 2.72. The molecule has 24 heavy (non-hydrogen) atoms. The molecule has 132 valence electrons. The zero-order valence-electron chi connectivity index (χ0n) is 14.0. The second-order valence-corrected chi connectivity index (χ2v) is 6.28. The Morgan fingerprint density at radius 1 is 1.38 bits per heavy atom. The Morgan fingerprint density at radius 2 is 2.08 bits per heavy atom. The Morgan fingerprint density at radius 3 is 2.67 bits per heavy atom. The highest BCUT2D eigenvalue weighted by molar-refractivity contribution is 5.80. The van der Waals surface area contributed by atoms with Gasteiger partial charge in [-0.25, -0.2) is 4.98 Å². The van der Waals surface area contributed by atoms with E-state index in [1.54, 1.807) is 6.92 Å². The van der Waals surface area contributed by atoms with Crippen LogP contribution in [0.2, 0.25) is 0 Å². The van der Waals surface area contributed by atoms with Gasteiger partial charge in [-0.1, -0.05) is 6.92 Å². The summed E-state index contributed by atoms with van der Waals surface area (Å²) in [7, 11) is 0. The molecule has 1 amide bonds.